The summed E-state index contributed by atoms with van der Waals surface area (Å²) in [5.41, 5.74) is 6.58. The number of furan rings is 1. The van der Waals surface area contributed by atoms with Crippen LogP contribution in [0, 0.1) is 45.3 Å². The summed E-state index contributed by atoms with van der Waals surface area (Å²) >= 11 is 0. The van der Waals surface area contributed by atoms with E-state index in [2.05, 4.69) is 30.0 Å². The molecule has 0 spiro atoms. The van der Waals surface area contributed by atoms with Gasteiger partial charge in [0.25, 0.3) is 0 Å². The minimum atomic E-state index is -1.58. The molecule has 6 heteroatoms. The Labute approximate surface area is 147 Å². The molecule has 0 radical (unpaired) electrons. The molecule has 0 saturated heterocycles. The second-order valence-electron chi connectivity index (χ2n) is 6.49. The first-order chi connectivity index (χ1) is 12.1. The van der Waals surface area contributed by atoms with Crippen molar-refractivity contribution < 1.29 is 4.42 Å². The third kappa shape index (κ3) is 2.41. The molecule has 1 aliphatic carbocycles. The lowest BCUT2D eigenvalue weighted by atomic mass is 9.58. The first kappa shape index (κ1) is 16.8. The maximum atomic E-state index is 9.89. The molecule has 0 fully saturated rings. The van der Waals surface area contributed by atoms with Crippen LogP contribution in [0.1, 0.15) is 24.8 Å². The van der Waals surface area contributed by atoms with Crippen molar-refractivity contribution in [3.05, 3.63) is 47.1 Å². The molecule has 126 valence electrons. The quantitative estimate of drug-likeness (QED) is 0.908. The minimum absolute atomic E-state index is 0.0534. The summed E-state index contributed by atoms with van der Waals surface area (Å²) in [7, 11) is 0. The van der Waals surface area contributed by atoms with Gasteiger partial charge in [-0.1, -0.05) is 13.0 Å². The minimum Gasteiger partial charge on any atom is -0.472 e. The largest absolute Gasteiger partial charge is 0.472 e. The summed E-state index contributed by atoms with van der Waals surface area (Å²) in [6, 6.07) is 8.14. The van der Waals surface area contributed by atoms with Gasteiger partial charge in [0.1, 0.15) is 6.07 Å². The van der Waals surface area contributed by atoms with Crippen LogP contribution in [-0.4, -0.2) is 24.5 Å². The van der Waals surface area contributed by atoms with Gasteiger partial charge in [0.05, 0.1) is 35.9 Å². The molecule has 0 saturated carbocycles. The molecule has 3 rings (SSSR count). The summed E-state index contributed by atoms with van der Waals surface area (Å²) < 4.78 is 5.22. The van der Waals surface area contributed by atoms with Gasteiger partial charge in [0.2, 0.25) is 0 Å². The fraction of sp³-hybridized carbons (Fsp3) is 0.421. The monoisotopic (exact) mass is 333 g/mol. The van der Waals surface area contributed by atoms with E-state index in [1.807, 2.05) is 6.08 Å². The van der Waals surface area contributed by atoms with Crippen molar-refractivity contribution in [2.45, 2.75) is 19.3 Å². The van der Waals surface area contributed by atoms with Crippen LogP contribution in [0.25, 0.3) is 0 Å². The Morgan fingerprint density at radius 1 is 1.36 bits per heavy atom. The Balaban J connectivity index is 2.24. The van der Waals surface area contributed by atoms with Crippen molar-refractivity contribution in [1.82, 2.24) is 4.90 Å². The molecule has 2 heterocycles. The zero-order valence-corrected chi connectivity index (χ0v) is 14.1. The van der Waals surface area contributed by atoms with Gasteiger partial charge in [-0.15, -0.1) is 0 Å². The second kappa shape index (κ2) is 6.48. The van der Waals surface area contributed by atoms with Crippen LogP contribution in [-0.2, 0) is 0 Å². The van der Waals surface area contributed by atoms with Gasteiger partial charge in [-0.05, 0) is 30.2 Å². The average molecular weight is 333 g/mol. The third-order valence-corrected chi connectivity index (χ3v) is 5.18. The van der Waals surface area contributed by atoms with Crippen LogP contribution in [0.4, 0.5) is 0 Å². The predicted octanol–water partition coefficient (Wildman–Crippen LogP) is 2.41. The molecule has 25 heavy (non-hydrogen) atoms. The van der Waals surface area contributed by atoms with E-state index in [1.54, 1.807) is 12.3 Å². The summed E-state index contributed by atoms with van der Waals surface area (Å²) in [5, 5.41) is 29.4. The van der Waals surface area contributed by atoms with Crippen LogP contribution in [0.5, 0.6) is 0 Å². The number of nitrogens with two attached hydrogens (primary N) is 1. The van der Waals surface area contributed by atoms with Crippen molar-refractivity contribution in [3.63, 3.8) is 0 Å². The van der Waals surface area contributed by atoms with Gasteiger partial charge < -0.3 is 10.2 Å². The first-order valence-electron chi connectivity index (χ1n) is 8.30. The fourth-order valence-electron chi connectivity index (χ4n) is 4.07. The Morgan fingerprint density at radius 2 is 2.12 bits per heavy atom. The molecule has 2 aliphatic rings. The molecule has 1 aromatic heterocycles. The zero-order chi connectivity index (χ0) is 18.0. The van der Waals surface area contributed by atoms with Gasteiger partial charge >= 0.3 is 0 Å². The van der Waals surface area contributed by atoms with Gasteiger partial charge in [-0.25, -0.2) is 0 Å². The fourth-order valence-corrected chi connectivity index (χ4v) is 4.07. The lowest BCUT2D eigenvalue weighted by Crippen LogP contribution is -2.48. The van der Waals surface area contributed by atoms with Crippen LogP contribution < -0.4 is 5.73 Å². The van der Waals surface area contributed by atoms with Crippen LogP contribution >= 0.6 is 0 Å². The molecule has 2 unspecified atom stereocenters. The highest BCUT2D eigenvalue weighted by atomic mass is 16.3. The van der Waals surface area contributed by atoms with E-state index in [-0.39, 0.29) is 17.2 Å². The van der Waals surface area contributed by atoms with Crippen molar-refractivity contribution in [3.8, 4) is 18.2 Å². The summed E-state index contributed by atoms with van der Waals surface area (Å²) in [5.74, 6) is -0.622. The number of fused-ring (bicyclic) bond motifs is 1. The van der Waals surface area contributed by atoms with Gasteiger partial charge in [0.15, 0.2) is 5.41 Å². The topological polar surface area (TPSA) is 114 Å². The number of nitrogens with zero attached hydrogens (tertiary/aromatic N) is 4. The third-order valence-electron chi connectivity index (χ3n) is 5.18. The molecule has 6 nitrogen and oxygen atoms in total. The van der Waals surface area contributed by atoms with Crippen LogP contribution in [0.15, 0.2) is 45.9 Å². The molecule has 0 aromatic carbocycles. The average Bonchev–Trinajstić information content (AvgIpc) is 3.15. The van der Waals surface area contributed by atoms with E-state index < -0.39 is 11.3 Å². The first-order valence-corrected chi connectivity index (χ1v) is 8.30. The molecular formula is C19H19N5O. The smallest absolute Gasteiger partial charge is 0.191 e. The Kier molecular flexibility index (Phi) is 4.36. The Hall–Kier alpha value is -3.01. The number of nitriles is 3. The number of hydrogen-bond donors (Lipinski definition) is 1. The lowest BCUT2D eigenvalue weighted by Gasteiger charge is -2.45. The highest BCUT2D eigenvalue weighted by Gasteiger charge is 2.54. The van der Waals surface area contributed by atoms with E-state index in [0.717, 1.165) is 30.6 Å². The van der Waals surface area contributed by atoms with Gasteiger partial charge in [0, 0.05) is 24.9 Å². The Morgan fingerprint density at radius 3 is 2.68 bits per heavy atom. The van der Waals surface area contributed by atoms with Crippen molar-refractivity contribution in [2.24, 2.45) is 17.1 Å². The standard InChI is InChI=1S/C19H19N5O/c1-2-5-24-6-3-14-15(8-20)18(23)19(11-21,12-22)17(16(14)9-24)13-4-7-25-10-13/h3-4,7,10,16-17H,2,5-6,9,23H2,1H3. The second-order valence-corrected chi connectivity index (χ2v) is 6.49. The van der Waals surface area contributed by atoms with E-state index in [1.165, 1.54) is 6.26 Å². The number of hydrogen-bond acceptors (Lipinski definition) is 6. The highest BCUT2D eigenvalue weighted by Crippen LogP contribution is 2.54. The van der Waals surface area contributed by atoms with Crippen LogP contribution in [0.2, 0.25) is 0 Å². The molecule has 1 aliphatic heterocycles. The summed E-state index contributed by atoms with van der Waals surface area (Å²) in [4.78, 5) is 2.28. The molecule has 2 N–H and O–H groups in total. The maximum absolute atomic E-state index is 9.89. The van der Waals surface area contributed by atoms with Gasteiger partial charge in [-0.3, -0.25) is 4.90 Å². The molecule has 0 amide bonds. The summed E-state index contributed by atoms with van der Waals surface area (Å²) in [6.45, 7) is 4.45. The zero-order valence-electron chi connectivity index (χ0n) is 14.1. The van der Waals surface area contributed by atoms with Gasteiger partial charge in [-0.2, -0.15) is 15.8 Å². The predicted molar refractivity (Wildman–Crippen MR) is 90.2 cm³/mol. The molecule has 2 atom stereocenters. The Bertz CT molecular complexity index is 830. The SMILES string of the molecule is CCCN1CC=C2C(C#N)=C(N)C(C#N)(C#N)C(c3ccoc3)C2C1. The van der Waals surface area contributed by atoms with Crippen LogP contribution in [0.3, 0.4) is 0 Å². The molecule has 0 bridgehead atoms. The van der Waals surface area contributed by atoms with E-state index in [0.29, 0.717) is 6.54 Å². The summed E-state index contributed by atoms with van der Waals surface area (Å²) in [6.07, 6.45) is 6.12. The van der Waals surface area contributed by atoms with E-state index >= 15 is 0 Å². The van der Waals surface area contributed by atoms with Crippen molar-refractivity contribution >= 4 is 0 Å². The number of rotatable bonds is 3. The van der Waals surface area contributed by atoms with Crippen molar-refractivity contribution in [1.29, 1.82) is 15.8 Å². The molecule has 1 aromatic rings. The highest BCUT2D eigenvalue weighted by molar-refractivity contribution is 5.59. The normalized spacial score (nSPS) is 25.3. The maximum Gasteiger partial charge on any atom is 0.191 e. The lowest BCUT2D eigenvalue weighted by molar-refractivity contribution is 0.207. The van der Waals surface area contributed by atoms with E-state index in [9.17, 15) is 15.8 Å². The molecular weight excluding hydrogens is 314 g/mol. The van der Waals surface area contributed by atoms with E-state index in [4.69, 9.17) is 10.2 Å². The number of allylic oxidation sites excluding steroid dienone is 2. The van der Waals surface area contributed by atoms with Crippen molar-refractivity contribution in [2.75, 3.05) is 19.6 Å².